The third-order valence-corrected chi connectivity index (χ3v) is 7.37. The van der Waals surface area contributed by atoms with Gasteiger partial charge in [0.05, 0.1) is 0 Å². The number of esters is 1. The smallest absolute Gasteiger partial charge is 0.332 e. The molecule has 0 radical (unpaired) electrons. The van der Waals surface area contributed by atoms with Crippen LogP contribution in [0.3, 0.4) is 0 Å². The summed E-state index contributed by atoms with van der Waals surface area (Å²) in [6.07, 6.45) is 12.8. The first-order valence-corrected chi connectivity index (χ1v) is 13.7. The number of carbonyl (C=O) groups is 1. The molecular formula is C33H42O4. The minimum atomic E-state index is -0.824. The van der Waals surface area contributed by atoms with Crippen molar-refractivity contribution in [2.75, 3.05) is 6.61 Å². The topological polar surface area (TPSA) is 44.8 Å². The molecule has 1 saturated carbocycles. The van der Waals surface area contributed by atoms with E-state index in [4.69, 9.17) is 14.2 Å². The van der Waals surface area contributed by atoms with E-state index in [1.807, 2.05) is 39.0 Å². The second-order valence-electron chi connectivity index (χ2n) is 11.6. The highest BCUT2D eigenvalue weighted by molar-refractivity contribution is 5.71. The summed E-state index contributed by atoms with van der Waals surface area (Å²) in [6.45, 7) is 10.2. The van der Waals surface area contributed by atoms with E-state index in [0.717, 1.165) is 40.9 Å². The number of para-hydroxylation sites is 1. The summed E-state index contributed by atoms with van der Waals surface area (Å²) in [7, 11) is 0. The second-order valence-corrected chi connectivity index (χ2v) is 11.6. The molecule has 0 saturated heterocycles. The zero-order valence-corrected chi connectivity index (χ0v) is 23.1. The molecule has 1 fully saturated rings. The summed E-state index contributed by atoms with van der Waals surface area (Å²) < 4.78 is 18.9. The maximum Gasteiger partial charge on any atom is 0.332 e. The monoisotopic (exact) mass is 502 g/mol. The summed E-state index contributed by atoms with van der Waals surface area (Å²) in [5, 5.41) is 0. The van der Waals surface area contributed by atoms with E-state index >= 15 is 0 Å². The fourth-order valence-corrected chi connectivity index (χ4v) is 5.79. The van der Waals surface area contributed by atoms with Gasteiger partial charge in [0.25, 0.3) is 0 Å². The number of aryl methyl sites for hydroxylation is 1. The van der Waals surface area contributed by atoms with Crippen molar-refractivity contribution in [3.63, 3.8) is 0 Å². The maximum atomic E-state index is 12.9. The normalized spacial score (nSPS) is 22.4. The van der Waals surface area contributed by atoms with Gasteiger partial charge in [-0.1, -0.05) is 85.5 Å². The van der Waals surface area contributed by atoms with E-state index in [1.165, 1.54) is 19.3 Å². The van der Waals surface area contributed by atoms with Gasteiger partial charge in [-0.2, -0.15) is 0 Å². The van der Waals surface area contributed by atoms with E-state index in [0.29, 0.717) is 12.5 Å². The van der Waals surface area contributed by atoms with Gasteiger partial charge in [-0.15, -0.1) is 0 Å². The Balaban J connectivity index is 1.77. The Bertz CT molecular complexity index is 1120. The molecule has 2 atom stereocenters. The number of ether oxygens (including phenoxy) is 3. The molecule has 4 nitrogen and oxygen atoms in total. The maximum absolute atomic E-state index is 12.9. The molecule has 4 rings (SSSR count). The predicted octanol–water partition coefficient (Wildman–Crippen LogP) is 7.84. The van der Waals surface area contributed by atoms with E-state index in [1.54, 1.807) is 0 Å². The minimum absolute atomic E-state index is 0.0970. The van der Waals surface area contributed by atoms with E-state index in [-0.39, 0.29) is 18.5 Å². The van der Waals surface area contributed by atoms with Gasteiger partial charge >= 0.3 is 5.97 Å². The van der Waals surface area contributed by atoms with Crippen LogP contribution in [-0.4, -0.2) is 18.2 Å². The fraction of sp³-hybridized carbons (Fsp3) is 0.485. The Labute approximate surface area is 222 Å². The van der Waals surface area contributed by atoms with Gasteiger partial charge in [-0.05, 0) is 70.6 Å². The number of allylic oxidation sites excluding steroid dienone is 2. The zero-order chi connectivity index (χ0) is 26.5. The molecule has 4 heteroatoms. The Hall–Kier alpha value is -2.85. The molecule has 0 heterocycles. The SMILES string of the molecule is CC1=CC(OCC(=O)OC(C)(C)C)(c2cccc(C)c2OCc2ccccc2)C(C2CCCCC2)C=C1. The number of rotatable bonds is 8. The molecule has 2 aromatic rings. The molecule has 198 valence electrons. The third kappa shape index (κ3) is 6.73. The van der Waals surface area contributed by atoms with Crippen LogP contribution in [-0.2, 0) is 26.5 Å². The average Bonchev–Trinajstić information content (AvgIpc) is 2.87. The van der Waals surface area contributed by atoms with Crippen molar-refractivity contribution in [2.45, 2.75) is 84.5 Å². The lowest BCUT2D eigenvalue weighted by Crippen LogP contribution is -2.43. The van der Waals surface area contributed by atoms with Crippen LogP contribution in [0.4, 0.5) is 0 Å². The summed E-state index contributed by atoms with van der Waals surface area (Å²) >= 11 is 0. The molecule has 0 aromatic heterocycles. The standard InChI is InChI=1S/C33H42O4/c1-24-19-20-28(27-16-10-7-11-17-27)33(21-24,36-23-30(34)37-32(3,4)5)29-18-12-13-25(2)31(29)35-22-26-14-8-6-9-15-26/h6,8-9,12-15,18-21,27-28H,7,10-11,16-17,22-23H2,1-5H3. The van der Waals surface area contributed by atoms with Crippen LogP contribution in [0, 0.1) is 18.8 Å². The lowest BCUT2D eigenvalue weighted by molar-refractivity contribution is -0.168. The fourth-order valence-electron chi connectivity index (χ4n) is 5.79. The minimum Gasteiger partial charge on any atom is -0.488 e. The molecule has 2 aliphatic rings. The molecule has 0 amide bonds. The van der Waals surface area contributed by atoms with E-state index < -0.39 is 11.2 Å². The van der Waals surface area contributed by atoms with Crippen LogP contribution in [0.2, 0.25) is 0 Å². The van der Waals surface area contributed by atoms with E-state index in [9.17, 15) is 4.79 Å². The van der Waals surface area contributed by atoms with Crippen LogP contribution >= 0.6 is 0 Å². The average molecular weight is 503 g/mol. The highest BCUT2D eigenvalue weighted by Gasteiger charge is 2.46. The largest absolute Gasteiger partial charge is 0.488 e. The van der Waals surface area contributed by atoms with Gasteiger partial charge in [-0.25, -0.2) is 4.79 Å². The van der Waals surface area contributed by atoms with Gasteiger partial charge < -0.3 is 14.2 Å². The number of hydrogen-bond donors (Lipinski definition) is 0. The lowest BCUT2D eigenvalue weighted by Gasteiger charge is -2.45. The van der Waals surface area contributed by atoms with Gasteiger partial charge in [-0.3, -0.25) is 0 Å². The van der Waals surface area contributed by atoms with Crippen LogP contribution in [0.25, 0.3) is 0 Å². The highest BCUT2D eigenvalue weighted by atomic mass is 16.6. The second kappa shape index (κ2) is 11.7. The molecule has 0 spiro atoms. The lowest BCUT2D eigenvalue weighted by atomic mass is 9.66. The van der Waals surface area contributed by atoms with Crippen molar-refractivity contribution in [1.29, 1.82) is 0 Å². The number of benzene rings is 2. The Morgan fingerprint density at radius 2 is 1.70 bits per heavy atom. The third-order valence-electron chi connectivity index (χ3n) is 7.37. The van der Waals surface area contributed by atoms with Gasteiger partial charge in [0.2, 0.25) is 0 Å². The van der Waals surface area contributed by atoms with Crippen LogP contribution < -0.4 is 4.74 Å². The predicted molar refractivity (Wildman–Crippen MR) is 148 cm³/mol. The summed E-state index contributed by atoms with van der Waals surface area (Å²) in [4.78, 5) is 12.9. The molecule has 0 N–H and O–H groups in total. The van der Waals surface area contributed by atoms with Crippen LogP contribution in [0.5, 0.6) is 5.75 Å². The molecule has 37 heavy (non-hydrogen) atoms. The van der Waals surface area contributed by atoms with Crippen LogP contribution in [0.15, 0.2) is 72.3 Å². The Morgan fingerprint density at radius 3 is 2.41 bits per heavy atom. The molecule has 0 aliphatic heterocycles. The van der Waals surface area contributed by atoms with Crippen molar-refractivity contribution < 1.29 is 19.0 Å². The van der Waals surface area contributed by atoms with Crippen molar-refractivity contribution in [1.82, 2.24) is 0 Å². The van der Waals surface area contributed by atoms with Gasteiger partial charge in [0.1, 0.15) is 30.2 Å². The Morgan fingerprint density at radius 1 is 0.973 bits per heavy atom. The van der Waals surface area contributed by atoms with Gasteiger partial charge in [0.15, 0.2) is 0 Å². The summed E-state index contributed by atoms with van der Waals surface area (Å²) in [6, 6.07) is 16.5. The van der Waals surface area contributed by atoms with Crippen molar-refractivity contribution >= 4 is 5.97 Å². The highest BCUT2D eigenvalue weighted by Crippen LogP contribution is 2.50. The quantitative estimate of drug-likeness (QED) is 0.345. The summed E-state index contributed by atoms with van der Waals surface area (Å²) in [5.74, 6) is 1.04. The van der Waals surface area contributed by atoms with Crippen LogP contribution in [0.1, 0.15) is 76.5 Å². The van der Waals surface area contributed by atoms with Crippen molar-refractivity contribution in [3.05, 3.63) is 89.0 Å². The molecule has 2 aliphatic carbocycles. The van der Waals surface area contributed by atoms with Crippen molar-refractivity contribution in [2.24, 2.45) is 11.8 Å². The number of carbonyl (C=O) groups excluding carboxylic acids is 1. The molecule has 0 bridgehead atoms. The van der Waals surface area contributed by atoms with Crippen molar-refractivity contribution in [3.8, 4) is 5.75 Å². The zero-order valence-electron chi connectivity index (χ0n) is 23.1. The van der Waals surface area contributed by atoms with Gasteiger partial charge in [0, 0.05) is 11.5 Å². The summed E-state index contributed by atoms with van der Waals surface area (Å²) in [5.41, 5.74) is 2.87. The first kappa shape index (κ1) is 27.2. The van der Waals surface area contributed by atoms with E-state index in [2.05, 4.69) is 62.4 Å². The number of hydrogen-bond acceptors (Lipinski definition) is 4. The molecule has 2 unspecified atom stereocenters. The Kier molecular flexibility index (Phi) is 8.59. The first-order chi connectivity index (χ1) is 17.7. The molecule has 2 aromatic carbocycles. The molecular weight excluding hydrogens is 460 g/mol. The first-order valence-electron chi connectivity index (χ1n) is 13.7.